The van der Waals surface area contributed by atoms with Crippen molar-refractivity contribution >= 4 is 28.6 Å². The third kappa shape index (κ3) is 4.64. The van der Waals surface area contributed by atoms with E-state index in [-0.39, 0.29) is 6.03 Å². The summed E-state index contributed by atoms with van der Waals surface area (Å²) in [6, 6.07) is 10.2. The molecule has 1 aromatic heterocycles. The van der Waals surface area contributed by atoms with Crippen LogP contribution in [0.1, 0.15) is 5.56 Å². The van der Waals surface area contributed by atoms with Crippen molar-refractivity contribution in [2.45, 2.75) is 0 Å². The highest BCUT2D eigenvalue weighted by Crippen LogP contribution is 2.12. The van der Waals surface area contributed by atoms with Crippen molar-refractivity contribution in [1.82, 2.24) is 14.8 Å². The number of aromatic nitrogens is 1. The van der Waals surface area contributed by atoms with Crippen LogP contribution in [0.3, 0.4) is 0 Å². The topological polar surface area (TPSA) is 48.5 Å². The van der Waals surface area contributed by atoms with Crippen LogP contribution in [0, 0.1) is 0 Å². The van der Waals surface area contributed by atoms with Gasteiger partial charge in [-0.2, -0.15) is 0 Å². The van der Waals surface area contributed by atoms with Crippen LogP contribution >= 0.6 is 11.3 Å². The minimum Gasteiger partial charge on any atom is -0.322 e. The quantitative estimate of drug-likeness (QED) is 0.938. The Morgan fingerprint density at radius 2 is 2.00 bits per heavy atom. The van der Waals surface area contributed by atoms with Gasteiger partial charge in [-0.1, -0.05) is 42.5 Å². The Bertz CT molecular complexity index is 634. The number of carbonyl (C=O) groups excluding carboxylic acids is 1. The maximum Gasteiger partial charge on any atom is 0.323 e. The molecule has 0 unspecified atom stereocenters. The molecule has 2 heterocycles. The lowest BCUT2D eigenvalue weighted by atomic mass is 10.2. The number of piperazine rings is 1. The van der Waals surface area contributed by atoms with E-state index in [2.05, 4.69) is 39.5 Å². The number of urea groups is 1. The number of hydrogen-bond donors (Lipinski definition) is 1. The number of hydrogen-bond acceptors (Lipinski definition) is 4. The number of nitrogens with zero attached hydrogens (tertiary/aromatic N) is 3. The van der Waals surface area contributed by atoms with Crippen molar-refractivity contribution in [3.8, 4) is 0 Å². The smallest absolute Gasteiger partial charge is 0.322 e. The Kier molecular flexibility index (Phi) is 5.39. The summed E-state index contributed by atoms with van der Waals surface area (Å²) in [5, 5.41) is 5.34. The Morgan fingerprint density at radius 1 is 1.22 bits per heavy atom. The average Bonchev–Trinajstić information content (AvgIpc) is 3.09. The van der Waals surface area contributed by atoms with Gasteiger partial charge in [0.25, 0.3) is 0 Å². The number of carbonyl (C=O) groups is 1. The van der Waals surface area contributed by atoms with E-state index in [0.717, 1.165) is 32.7 Å². The van der Waals surface area contributed by atoms with Crippen molar-refractivity contribution in [3.05, 3.63) is 53.5 Å². The number of nitrogens with one attached hydrogen (secondary N) is 1. The summed E-state index contributed by atoms with van der Waals surface area (Å²) < 4.78 is 0. The lowest BCUT2D eigenvalue weighted by molar-refractivity contribution is 0.156. The number of rotatable bonds is 4. The van der Waals surface area contributed by atoms with Gasteiger partial charge in [0, 0.05) is 44.3 Å². The standard InChI is InChI=1S/C17H20N4OS/c22-17(19-16-18-8-14-23-16)21-12-10-20(11-13-21)9-4-7-15-5-2-1-3-6-15/h1-8,14H,9-13H2,(H,18,19,22)/b7-4+. The molecule has 1 aliphatic rings. The zero-order chi connectivity index (χ0) is 15.9. The molecule has 1 aromatic carbocycles. The van der Waals surface area contributed by atoms with Crippen LogP contribution in [0.25, 0.3) is 6.08 Å². The molecule has 1 N–H and O–H groups in total. The van der Waals surface area contributed by atoms with E-state index in [1.165, 1.54) is 16.9 Å². The monoisotopic (exact) mass is 328 g/mol. The van der Waals surface area contributed by atoms with Gasteiger partial charge in [-0.15, -0.1) is 11.3 Å². The van der Waals surface area contributed by atoms with Gasteiger partial charge in [-0.3, -0.25) is 10.2 Å². The third-order valence-electron chi connectivity index (χ3n) is 3.78. The van der Waals surface area contributed by atoms with E-state index in [4.69, 9.17) is 0 Å². The van der Waals surface area contributed by atoms with Gasteiger partial charge in [0.15, 0.2) is 5.13 Å². The van der Waals surface area contributed by atoms with Crippen molar-refractivity contribution in [2.75, 3.05) is 38.0 Å². The van der Waals surface area contributed by atoms with Crippen molar-refractivity contribution < 1.29 is 4.79 Å². The maximum atomic E-state index is 12.1. The van der Waals surface area contributed by atoms with E-state index in [1.807, 2.05) is 28.5 Å². The Morgan fingerprint density at radius 3 is 2.70 bits per heavy atom. The lowest BCUT2D eigenvalue weighted by Gasteiger charge is -2.33. The van der Waals surface area contributed by atoms with E-state index in [0.29, 0.717) is 5.13 Å². The van der Waals surface area contributed by atoms with Crippen LogP contribution in [-0.2, 0) is 0 Å². The predicted octanol–water partition coefficient (Wildman–Crippen LogP) is 3.01. The van der Waals surface area contributed by atoms with Gasteiger partial charge in [0.1, 0.15) is 0 Å². The predicted molar refractivity (Wildman–Crippen MR) is 94.6 cm³/mol. The number of benzene rings is 1. The van der Waals surface area contributed by atoms with Crippen molar-refractivity contribution in [1.29, 1.82) is 0 Å². The van der Waals surface area contributed by atoms with Crippen LogP contribution in [0.5, 0.6) is 0 Å². The Balaban J connectivity index is 1.41. The van der Waals surface area contributed by atoms with Crippen LogP contribution in [0.2, 0.25) is 0 Å². The first-order valence-electron chi connectivity index (χ1n) is 7.70. The minimum atomic E-state index is -0.0561. The highest BCUT2D eigenvalue weighted by molar-refractivity contribution is 7.13. The molecule has 0 saturated carbocycles. The second-order valence-corrected chi connectivity index (χ2v) is 6.26. The van der Waals surface area contributed by atoms with Gasteiger partial charge >= 0.3 is 6.03 Å². The SMILES string of the molecule is O=C(Nc1nccs1)N1CCN(C/C=C/c2ccccc2)CC1. The van der Waals surface area contributed by atoms with Gasteiger partial charge in [-0.25, -0.2) is 9.78 Å². The van der Waals surface area contributed by atoms with Crippen molar-refractivity contribution in [2.24, 2.45) is 0 Å². The molecule has 5 nitrogen and oxygen atoms in total. The molecule has 3 rings (SSSR count). The van der Waals surface area contributed by atoms with Crippen LogP contribution in [-0.4, -0.2) is 53.5 Å². The molecule has 1 fully saturated rings. The van der Waals surface area contributed by atoms with Crippen molar-refractivity contribution in [3.63, 3.8) is 0 Å². The number of amides is 2. The summed E-state index contributed by atoms with van der Waals surface area (Å²) in [5.74, 6) is 0. The largest absolute Gasteiger partial charge is 0.323 e. The molecule has 2 aromatic rings. The highest BCUT2D eigenvalue weighted by atomic mass is 32.1. The minimum absolute atomic E-state index is 0.0561. The van der Waals surface area contributed by atoms with Crippen LogP contribution < -0.4 is 5.32 Å². The molecule has 2 amide bonds. The second kappa shape index (κ2) is 7.89. The van der Waals surface area contributed by atoms with Crippen LogP contribution in [0.4, 0.5) is 9.93 Å². The fourth-order valence-electron chi connectivity index (χ4n) is 2.49. The van der Waals surface area contributed by atoms with E-state index in [9.17, 15) is 4.79 Å². The van der Waals surface area contributed by atoms with Gasteiger partial charge in [0.2, 0.25) is 0 Å². The summed E-state index contributed by atoms with van der Waals surface area (Å²) in [6.07, 6.45) is 6.01. The molecule has 0 bridgehead atoms. The fraction of sp³-hybridized carbons (Fsp3) is 0.294. The molecular formula is C17H20N4OS. The average molecular weight is 328 g/mol. The summed E-state index contributed by atoms with van der Waals surface area (Å²) in [7, 11) is 0. The van der Waals surface area contributed by atoms with Gasteiger partial charge < -0.3 is 4.90 Å². The molecule has 23 heavy (non-hydrogen) atoms. The molecule has 120 valence electrons. The first-order valence-corrected chi connectivity index (χ1v) is 8.58. The zero-order valence-corrected chi connectivity index (χ0v) is 13.7. The number of thiazole rings is 1. The van der Waals surface area contributed by atoms with E-state index in [1.54, 1.807) is 6.20 Å². The molecular weight excluding hydrogens is 308 g/mol. The van der Waals surface area contributed by atoms with Gasteiger partial charge in [0.05, 0.1) is 0 Å². The zero-order valence-electron chi connectivity index (χ0n) is 12.9. The second-order valence-electron chi connectivity index (χ2n) is 5.37. The van der Waals surface area contributed by atoms with Gasteiger partial charge in [-0.05, 0) is 5.56 Å². The summed E-state index contributed by atoms with van der Waals surface area (Å²) >= 11 is 1.44. The summed E-state index contributed by atoms with van der Waals surface area (Å²) in [4.78, 5) is 20.4. The van der Waals surface area contributed by atoms with Crippen LogP contribution in [0.15, 0.2) is 48.0 Å². The summed E-state index contributed by atoms with van der Waals surface area (Å²) in [5.41, 5.74) is 1.22. The normalized spacial score (nSPS) is 15.9. The fourth-order valence-corrected chi connectivity index (χ4v) is 3.01. The highest BCUT2D eigenvalue weighted by Gasteiger charge is 2.20. The molecule has 1 saturated heterocycles. The first-order chi connectivity index (χ1) is 11.3. The molecule has 0 aliphatic carbocycles. The first kappa shape index (κ1) is 15.7. The molecule has 0 spiro atoms. The summed E-state index contributed by atoms with van der Waals surface area (Å²) in [6.45, 7) is 4.19. The molecule has 6 heteroatoms. The lowest BCUT2D eigenvalue weighted by Crippen LogP contribution is -2.49. The Hall–Kier alpha value is -2.18. The van der Waals surface area contributed by atoms with E-state index >= 15 is 0 Å². The number of anilines is 1. The molecule has 1 aliphatic heterocycles. The molecule has 0 radical (unpaired) electrons. The maximum absolute atomic E-state index is 12.1. The Labute approximate surface area is 140 Å². The molecule has 0 atom stereocenters. The van der Waals surface area contributed by atoms with E-state index < -0.39 is 0 Å². The third-order valence-corrected chi connectivity index (χ3v) is 4.47.